The van der Waals surface area contributed by atoms with Gasteiger partial charge in [-0.1, -0.05) is 431 Å². The van der Waals surface area contributed by atoms with Crippen LogP contribution in [-0.4, -0.2) is 70.0 Å². The van der Waals surface area contributed by atoms with E-state index in [1.807, 2.05) is 21.1 Å². The maximum Gasteiger partial charge on any atom is 0.306 e. The summed E-state index contributed by atoms with van der Waals surface area (Å²) in [5.41, 5.74) is 0. The molecule has 2 atom stereocenters. The molecule has 10 heteroatoms. The summed E-state index contributed by atoms with van der Waals surface area (Å²) in [4.78, 5) is 38.3. The third-order valence-electron chi connectivity index (χ3n) is 20.3. The molecule has 0 saturated heterocycles. The number of rotatable bonds is 85. The average Bonchev–Trinajstić information content (AvgIpc) is 0.908. The van der Waals surface area contributed by atoms with Crippen molar-refractivity contribution in [1.82, 2.24) is 0 Å². The lowest BCUT2D eigenvalue weighted by Gasteiger charge is -2.28. The van der Waals surface area contributed by atoms with Gasteiger partial charge in [-0.05, 0) is 103 Å². The van der Waals surface area contributed by atoms with Crippen LogP contribution in [0.3, 0.4) is 0 Å². The molecule has 0 spiro atoms. The molecule has 0 heterocycles. The van der Waals surface area contributed by atoms with E-state index in [0.29, 0.717) is 17.4 Å². The normalized spacial score (nSPS) is 13.5. The molecule has 0 aromatic rings. The van der Waals surface area contributed by atoms with Crippen LogP contribution in [0.2, 0.25) is 0 Å². The lowest BCUT2D eigenvalue weighted by Crippen LogP contribution is -2.37. The van der Waals surface area contributed by atoms with E-state index in [4.69, 9.17) is 18.5 Å². The van der Waals surface area contributed by atoms with Crippen LogP contribution in [0.4, 0.5) is 0 Å². The van der Waals surface area contributed by atoms with Crippen LogP contribution in [-0.2, 0) is 32.7 Å². The standard InChI is InChI=1S/C96H174NO8P/c1-6-8-10-12-14-16-18-20-22-24-26-28-30-32-34-36-38-40-42-44-46-48-50-52-54-56-58-60-62-64-66-68-70-72-74-76-78-80-82-84-86-88-95(98)102-92-94(93-104-106(100,101)103-91-90-97(3,4)5)105-96(99)89-87-85-83-81-79-77-75-73-71-69-67-65-63-61-59-57-55-53-51-49-47-45-43-41-39-37-35-33-31-29-27-25-23-21-19-17-15-13-11-9-7-2/h9,11,15,17-18,20-21,23-24,26-27,29-30,32-33,35,39,41,94H,6-8,10,12-14,16,19,22,25,28,31,34,36-38,40,42-93H2,1-5H3/b11-9-,17-15-,20-18-,23-21-,26-24-,29-27-,32-30-,35-33-,41-39-. The monoisotopic (exact) mass is 1500 g/mol. The summed E-state index contributed by atoms with van der Waals surface area (Å²) in [5.74, 6) is -0.811. The molecule has 0 aliphatic rings. The highest BCUT2D eigenvalue weighted by Gasteiger charge is 2.22. The van der Waals surface area contributed by atoms with E-state index < -0.39 is 26.5 Å². The predicted octanol–water partition coefficient (Wildman–Crippen LogP) is 30.4. The lowest BCUT2D eigenvalue weighted by molar-refractivity contribution is -0.870. The van der Waals surface area contributed by atoms with Crippen molar-refractivity contribution in [3.05, 3.63) is 109 Å². The minimum Gasteiger partial charge on any atom is -0.756 e. The molecule has 0 fully saturated rings. The zero-order chi connectivity index (χ0) is 76.8. The van der Waals surface area contributed by atoms with Gasteiger partial charge in [-0.15, -0.1) is 0 Å². The van der Waals surface area contributed by atoms with Crippen molar-refractivity contribution < 1.29 is 42.1 Å². The molecule has 0 aliphatic carbocycles. The molecular weight excluding hydrogens is 1330 g/mol. The summed E-state index contributed by atoms with van der Waals surface area (Å²) in [6.45, 7) is 4.18. The minimum atomic E-state index is -4.65. The molecule has 0 aromatic carbocycles. The number of phosphoric acid groups is 1. The smallest absolute Gasteiger partial charge is 0.306 e. The molecule has 616 valence electrons. The van der Waals surface area contributed by atoms with Crippen molar-refractivity contribution in [2.45, 2.75) is 444 Å². The Bertz CT molecular complexity index is 2170. The maximum absolute atomic E-state index is 12.9. The van der Waals surface area contributed by atoms with Gasteiger partial charge in [0.05, 0.1) is 27.7 Å². The van der Waals surface area contributed by atoms with Crippen molar-refractivity contribution in [3.63, 3.8) is 0 Å². The highest BCUT2D eigenvalue weighted by molar-refractivity contribution is 7.45. The Kier molecular flexibility index (Phi) is 83.0. The van der Waals surface area contributed by atoms with Crippen LogP contribution in [0.1, 0.15) is 438 Å². The number of esters is 2. The molecule has 0 aromatic heterocycles. The highest BCUT2D eigenvalue weighted by atomic mass is 31.2. The van der Waals surface area contributed by atoms with Gasteiger partial charge in [0.25, 0.3) is 7.82 Å². The van der Waals surface area contributed by atoms with Crippen LogP contribution in [0, 0.1) is 0 Å². The first-order valence-corrected chi connectivity index (χ1v) is 47.1. The van der Waals surface area contributed by atoms with E-state index in [2.05, 4.69) is 123 Å². The number of ether oxygens (including phenoxy) is 2. The molecule has 0 N–H and O–H groups in total. The van der Waals surface area contributed by atoms with E-state index in [1.165, 1.54) is 315 Å². The van der Waals surface area contributed by atoms with Gasteiger partial charge in [-0.2, -0.15) is 0 Å². The SMILES string of the molecule is CC/C=C\C/C=C\C/C=C\C/C=C\C/C=C\C/C=C\CCCCCCCCCCCCCCCCCCCCCCCCC(=O)OC(COC(=O)CCCCCCCCCCCCCCCCCCCCCCCCCCCC/C=C\C/C=C\C/C=C\CCCCCCC)COP(=O)([O-])OCC[N+](C)(C)C. The first-order valence-electron chi connectivity index (χ1n) is 45.6. The number of carbonyl (C=O) groups is 2. The summed E-state index contributed by atoms with van der Waals surface area (Å²) in [6.07, 6.45) is 123. The fourth-order valence-corrected chi connectivity index (χ4v) is 14.1. The van der Waals surface area contributed by atoms with Crippen LogP contribution in [0.15, 0.2) is 109 Å². The van der Waals surface area contributed by atoms with Gasteiger partial charge < -0.3 is 27.9 Å². The fraction of sp³-hybridized carbons (Fsp3) is 0.792. The number of hydrogen-bond acceptors (Lipinski definition) is 8. The first-order chi connectivity index (χ1) is 52.0. The Hall–Kier alpha value is -3.33. The van der Waals surface area contributed by atoms with Crippen molar-refractivity contribution >= 4 is 19.8 Å². The zero-order valence-electron chi connectivity index (χ0n) is 70.6. The van der Waals surface area contributed by atoms with Gasteiger partial charge in [-0.3, -0.25) is 14.2 Å². The first kappa shape index (κ1) is 103. The largest absolute Gasteiger partial charge is 0.756 e. The number of phosphoric ester groups is 1. The number of unbranched alkanes of at least 4 members (excludes halogenated alkanes) is 53. The molecule has 0 rings (SSSR count). The van der Waals surface area contributed by atoms with Crippen LogP contribution < -0.4 is 4.89 Å². The van der Waals surface area contributed by atoms with E-state index >= 15 is 0 Å². The molecule has 9 nitrogen and oxygen atoms in total. The molecule has 2 unspecified atom stereocenters. The lowest BCUT2D eigenvalue weighted by atomic mass is 10.0. The second-order valence-corrected chi connectivity index (χ2v) is 33.3. The molecule has 0 saturated carbocycles. The third-order valence-corrected chi connectivity index (χ3v) is 21.2. The molecule has 0 bridgehead atoms. The average molecular weight is 1500 g/mol. The summed E-state index contributed by atoms with van der Waals surface area (Å²) < 4.78 is 34.5. The topological polar surface area (TPSA) is 111 Å². The molecule has 106 heavy (non-hydrogen) atoms. The van der Waals surface area contributed by atoms with Crippen LogP contribution >= 0.6 is 7.82 Å². The number of likely N-dealkylation sites (N-methyl/N-ethyl adjacent to an activating group) is 1. The number of allylic oxidation sites excluding steroid dienone is 18. The van der Waals surface area contributed by atoms with Gasteiger partial charge in [0.2, 0.25) is 0 Å². The molecule has 0 radical (unpaired) electrons. The maximum atomic E-state index is 12.9. The predicted molar refractivity (Wildman–Crippen MR) is 462 cm³/mol. The van der Waals surface area contributed by atoms with Gasteiger partial charge in [0, 0.05) is 12.8 Å². The molecule has 0 amide bonds. The Morgan fingerprint density at radius 1 is 0.302 bits per heavy atom. The van der Waals surface area contributed by atoms with Gasteiger partial charge in [0.1, 0.15) is 19.8 Å². The second kappa shape index (κ2) is 85.7. The van der Waals surface area contributed by atoms with Gasteiger partial charge >= 0.3 is 11.9 Å². The van der Waals surface area contributed by atoms with E-state index in [0.717, 1.165) is 89.9 Å². The summed E-state index contributed by atoms with van der Waals surface area (Å²) in [5, 5.41) is 0. The van der Waals surface area contributed by atoms with E-state index in [1.54, 1.807) is 0 Å². The van der Waals surface area contributed by atoms with E-state index in [9.17, 15) is 19.0 Å². The molecular formula is C96H174NO8P. The number of hydrogen-bond donors (Lipinski definition) is 0. The van der Waals surface area contributed by atoms with Crippen molar-refractivity contribution in [2.75, 3.05) is 47.5 Å². The van der Waals surface area contributed by atoms with Crippen LogP contribution in [0.25, 0.3) is 0 Å². The van der Waals surface area contributed by atoms with E-state index in [-0.39, 0.29) is 32.0 Å². The van der Waals surface area contributed by atoms with Crippen molar-refractivity contribution in [2.24, 2.45) is 0 Å². The molecule has 0 aliphatic heterocycles. The zero-order valence-corrected chi connectivity index (χ0v) is 71.5. The summed E-state index contributed by atoms with van der Waals surface area (Å²) >= 11 is 0. The Morgan fingerprint density at radius 3 is 0.802 bits per heavy atom. The Morgan fingerprint density at radius 2 is 0.538 bits per heavy atom. The highest BCUT2D eigenvalue weighted by Crippen LogP contribution is 2.38. The number of quaternary nitrogens is 1. The summed E-state index contributed by atoms with van der Waals surface area (Å²) in [6, 6.07) is 0. The van der Waals surface area contributed by atoms with Gasteiger partial charge in [0.15, 0.2) is 6.10 Å². The quantitative estimate of drug-likeness (QED) is 0.0195. The van der Waals surface area contributed by atoms with Gasteiger partial charge in [-0.25, -0.2) is 0 Å². The Balaban J connectivity index is 3.86. The van der Waals surface area contributed by atoms with Crippen molar-refractivity contribution in [1.29, 1.82) is 0 Å². The van der Waals surface area contributed by atoms with Crippen molar-refractivity contribution in [3.8, 4) is 0 Å². The minimum absolute atomic E-state index is 0.0300. The number of nitrogens with zero attached hydrogens (tertiary/aromatic N) is 1. The Labute approximate surface area is 658 Å². The fourth-order valence-electron chi connectivity index (χ4n) is 13.4. The third kappa shape index (κ3) is 89.6. The summed E-state index contributed by atoms with van der Waals surface area (Å²) in [7, 11) is 1.18. The van der Waals surface area contributed by atoms with Crippen LogP contribution in [0.5, 0.6) is 0 Å². The number of carbonyl (C=O) groups excluding carboxylic acids is 2. The second-order valence-electron chi connectivity index (χ2n) is 31.9.